The monoisotopic (exact) mass is 502 g/mol. The number of hydrogen-bond acceptors (Lipinski definition) is 7. The average molecular weight is 502 g/mol. The fraction of sp³-hybridized carbons (Fsp3) is 0.750. The van der Waals surface area contributed by atoms with Crippen LogP contribution in [0.15, 0.2) is 12.1 Å². The second-order valence-electron chi connectivity index (χ2n) is 12.6. The molecule has 0 bridgehead atoms. The summed E-state index contributed by atoms with van der Waals surface area (Å²) in [5.74, 6) is 0.105. The highest BCUT2D eigenvalue weighted by Crippen LogP contribution is 2.49. The molecule has 2 aliphatic heterocycles. The Labute approximate surface area is 216 Å². The maximum Gasteiger partial charge on any atom is 0.461 e. The summed E-state index contributed by atoms with van der Waals surface area (Å²) in [5, 5.41) is 0. The predicted molar refractivity (Wildman–Crippen MR) is 138 cm³/mol. The van der Waals surface area contributed by atoms with Crippen LogP contribution in [0.25, 0.3) is 0 Å². The van der Waals surface area contributed by atoms with Gasteiger partial charge >= 0.3 is 13.1 Å². The molecule has 0 N–H and O–H groups in total. The van der Waals surface area contributed by atoms with Gasteiger partial charge in [0.25, 0.3) is 0 Å². The van der Waals surface area contributed by atoms with Crippen molar-refractivity contribution in [3.63, 3.8) is 0 Å². The summed E-state index contributed by atoms with van der Waals surface area (Å²) in [6.07, 6.45) is 4.06. The smallest absolute Gasteiger partial charge is 0.461 e. The Bertz CT molecular complexity index is 950. The van der Waals surface area contributed by atoms with Gasteiger partial charge in [-0.3, -0.25) is 0 Å². The van der Waals surface area contributed by atoms with Gasteiger partial charge in [-0.1, -0.05) is 32.9 Å². The number of esters is 1. The van der Waals surface area contributed by atoms with E-state index in [9.17, 15) is 4.79 Å². The van der Waals surface area contributed by atoms with E-state index in [-0.39, 0.29) is 30.1 Å². The molecule has 2 saturated heterocycles. The molecule has 3 atom stereocenters. The van der Waals surface area contributed by atoms with Gasteiger partial charge < -0.3 is 28.3 Å². The van der Waals surface area contributed by atoms with Crippen LogP contribution < -0.4 is 4.74 Å². The summed E-state index contributed by atoms with van der Waals surface area (Å²) in [5.41, 5.74) is 1.22. The molecule has 36 heavy (non-hydrogen) atoms. The van der Waals surface area contributed by atoms with Crippen molar-refractivity contribution in [1.29, 1.82) is 0 Å². The standard InChI is InChI=1S/C28H43BO7/c1-18(29-35-21-12-13-27(5,6)17-28(21,7)36-29)16-19-10-11-20(25-32-14-9-15-33-25)22(23(19)31-8)24(30)34-26(2,3)4/h10-11,18,21,25H,9,12-17H2,1-8H3/t18-,21?,28?/m1/s1. The van der Waals surface area contributed by atoms with Gasteiger partial charge in [0.1, 0.15) is 16.9 Å². The first-order valence-corrected chi connectivity index (χ1v) is 13.3. The molecule has 1 aliphatic carbocycles. The Hall–Kier alpha value is -1.61. The third-order valence-corrected chi connectivity index (χ3v) is 7.44. The Morgan fingerprint density at radius 1 is 1.19 bits per heavy atom. The molecule has 8 heteroatoms. The molecule has 0 amide bonds. The highest BCUT2D eigenvalue weighted by Gasteiger charge is 2.54. The number of carbonyl (C=O) groups is 1. The zero-order chi connectivity index (χ0) is 26.3. The van der Waals surface area contributed by atoms with Gasteiger partial charge in [0.2, 0.25) is 0 Å². The zero-order valence-electron chi connectivity index (χ0n) is 23.3. The normalized spacial score (nSPS) is 27.4. The Kier molecular flexibility index (Phi) is 7.83. The first-order chi connectivity index (χ1) is 16.8. The second-order valence-corrected chi connectivity index (χ2v) is 12.6. The minimum Gasteiger partial charge on any atom is -0.496 e. The first kappa shape index (κ1) is 27.4. The van der Waals surface area contributed by atoms with E-state index in [1.807, 2.05) is 32.9 Å². The van der Waals surface area contributed by atoms with Gasteiger partial charge in [-0.05, 0) is 76.6 Å². The summed E-state index contributed by atoms with van der Waals surface area (Å²) in [6, 6.07) is 3.90. The fourth-order valence-corrected chi connectivity index (χ4v) is 5.90. The Balaban J connectivity index is 1.61. The van der Waals surface area contributed by atoms with Crippen molar-refractivity contribution in [2.24, 2.45) is 5.41 Å². The van der Waals surface area contributed by atoms with Crippen LogP contribution >= 0.6 is 0 Å². The largest absolute Gasteiger partial charge is 0.496 e. The van der Waals surface area contributed by atoms with Crippen LogP contribution in [-0.2, 0) is 29.9 Å². The maximum absolute atomic E-state index is 13.4. The Morgan fingerprint density at radius 3 is 2.53 bits per heavy atom. The van der Waals surface area contributed by atoms with E-state index < -0.39 is 17.9 Å². The lowest BCUT2D eigenvalue weighted by atomic mass is 9.68. The SMILES string of the molecule is COc1c(C[C@@H](C)B2OC3CCC(C)(C)CC3(C)O2)ccc(C2OCCCO2)c1C(=O)OC(C)(C)C. The second kappa shape index (κ2) is 10.3. The van der Waals surface area contributed by atoms with Crippen LogP contribution in [0.3, 0.4) is 0 Å². The number of benzene rings is 1. The van der Waals surface area contributed by atoms with Crippen molar-refractivity contribution in [2.75, 3.05) is 20.3 Å². The van der Waals surface area contributed by atoms with Crippen molar-refractivity contribution in [2.45, 2.75) is 110 Å². The number of ether oxygens (including phenoxy) is 4. The van der Waals surface area contributed by atoms with Gasteiger partial charge in [-0.2, -0.15) is 0 Å². The summed E-state index contributed by atoms with van der Waals surface area (Å²) in [7, 11) is 1.28. The molecule has 3 aliphatic rings. The molecule has 1 aromatic rings. The fourth-order valence-electron chi connectivity index (χ4n) is 5.90. The van der Waals surface area contributed by atoms with Crippen molar-refractivity contribution >= 4 is 13.1 Å². The lowest BCUT2D eigenvalue weighted by Crippen LogP contribution is -2.45. The third kappa shape index (κ3) is 5.93. The third-order valence-electron chi connectivity index (χ3n) is 7.44. The maximum atomic E-state index is 13.4. The molecular weight excluding hydrogens is 459 g/mol. The molecule has 0 radical (unpaired) electrons. The van der Waals surface area contributed by atoms with E-state index in [1.165, 1.54) is 0 Å². The van der Waals surface area contributed by atoms with E-state index in [2.05, 4.69) is 27.7 Å². The summed E-state index contributed by atoms with van der Waals surface area (Å²) >= 11 is 0. The molecular formula is C28H43BO7. The predicted octanol–water partition coefficient (Wildman–Crippen LogP) is 5.89. The van der Waals surface area contributed by atoms with Crippen LogP contribution in [0, 0.1) is 5.41 Å². The van der Waals surface area contributed by atoms with E-state index in [1.54, 1.807) is 7.11 Å². The van der Waals surface area contributed by atoms with E-state index >= 15 is 0 Å². The molecule has 2 heterocycles. The molecule has 4 rings (SSSR count). The highest BCUT2D eigenvalue weighted by molar-refractivity contribution is 6.47. The summed E-state index contributed by atoms with van der Waals surface area (Å²) < 4.78 is 36.3. The molecule has 1 saturated carbocycles. The number of carbonyl (C=O) groups excluding carboxylic acids is 1. The number of methoxy groups -OCH3 is 1. The van der Waals surface area contributed by atoms with Gasteiger partial charge in [-0.15, -0.1) is 0 Å². The van der Waals surface area contributed by atoms with Gasteiger partial charge in [0, 0.05) is 5.56 Å². The Morgan fingerprint density at radius 2 is 1.89 bits per heavy atom. The minimum absolute atomic E-state index is 0.0592. The molecule has 0 spiro atoms. The summed E-state index contributed by atoms with van der Waals surface area (Å²) in [6.45, 7) is 15.6. The molecule has 0 aromatic heterocycles. The number of hydrogen-bond donors (Lipinski definition) is 0. The lowest BCUT2D eigenvalue weighted by molar-refractivity contribution is -0.183. The van der Waals surface area contributed by atoms with Crippen LogP contribution in [0.1, 0.15) is 102 Å². The number of rotatable bonds is 6. The summed E-state index contributed by atoms with van der Waals surface area (Å²) in [4.78, 5) is 13.4. The zero-order valence-corrected chi connectivity index (χ0v) is 23.3. The average Bonchev–Trinajstić information content (AvgIpc) is 3.13. The number of fused-ring (bicyclic) bond motifs is 1. The molecule has 200 valence electrons. The van der Waals surface area contributed by atoms with Crippen molar-refractivity contribution < 1.29 is 33.1 Å². The molecule has 7 nitrogen and oxygen atoms in total. The van der Waals surface area contributed by atoms with E-state index in [0.29, 0.717) is 36.5 Å². The van der Waals surface area contributed by atoms with Gasteiger partial charge in [0.05, 0.1) is 32.0 Å². The van der Waals surface area contributed by atoms with Gasteiger partial charge in [0.15, 0.2) is 6.29 Å². The van der Waals surface area contributed by atoms with Crippen molar-refractivity contribution in [1.82, 2.24) is 0 Å². The van der Waals surface area contributed by atoms with E-state index in [0.717, 1.165) is 31.2 Å². The first-order valence-electron chi connectivity index (χ1n) is 13.3. The highest BCUT2D eigenvalue weighted by atomic mass is 16.7. The quantitative estimate of drug-likeness (QED) is 0.355. The van der Waals surface area contributed by atoms with Crippen molar-refractivity contribution in [3.05, 3.63) is 28.8 Å². The van der Waals surface area contributed by atoms with Gasteiger partial charge in [-0.25, -0.2) is 4.79 Å². The molecule has 1 aromatic carbocycles. The van der Waals surface area contributed by atoms with Crippen LogP contribution in [0.5, 0.6) is 5.75 Å². The van der Waals surface area contributed by atoms with E-state index in [4.69, 9.17) is 28.3 Å². The molecule has 3 fully saturated rings. The van der Waals surface area contributed by atoms with Crippen LogP contribution in [0.2, 0.25) is 5.82 Å². The lowest BCUT2D eigenvalue weighted by Gasteiger charge is -2.43. The molecule has 2 unspecified atom stereocenters. The van der Waals surface area contributed by atoms with Crippen LogP contribution in [-0.4, -0.2) is 50.7 Å². The topological polar surface area (TPSA) is 72.5 Å². The van der Waals surface area contributed by atoms with Crippen molar-refractivity contribution in [3.8, 4) is 5.75 Å². The minimum atomic E-state index is -0.651. The van der Waals surface area contributed by atoms with Crippen LogP contribution in [0.4, 0.5) is 0 Å².